The standard InChI is InChI=1S/C28H29N3O4/c1-4-19-5-8-22(9-6-19)29-17-21-15-20-7-12-25(35-3)16-26(20)31(28(21)33)18-27(32)30-23-10-13-24(34-2)14-11-23/h5-16,29H,4,17-18H2,1-3H3,(H,30,32). The van der Waals surface area contributed by atoms with Crippen molar-refractivity contribution in [2.45, 2.75) is 26.4 Å². The van der Waals surface area contributed by atoms with E-state index in [2.05, 4.69) is 29.7 Å². The Morgan fingerprint density at radius 1 is 0.857 bits per heavy atom. The molecule has 7 nitrogen and oxygen atoms in total. The van der Waals surface area contributed by atoms with Gasteiger partial charge in [-0.2, -0.15) is 0 Å². The Morgan fingerprint density at radius 3 is 2.17 bits per heavy atom. The Hall–Kier alpha value is -4.26. The van der Waals surface area contributed by atoms with Crippen LogP contribution in [0.15, 0.2) is 77.6 Å². The highest BCUT2D eigenvalue weighted by Gasteiger charge is 2.14. The Labute approximate surface area is 204 Å². The van der Waals surface area contributed by atoms with Crippen LogP contribution in [-0.4, -0.2) is 24.7 Å². The average Bonchev–Trinajstić information content (AvgIpc) is 2.89. The molecular weight excluding hydrogens is 442 g/mol. The van der Waals surface area contributed by atoms with Gasteiger partial charge in [0.25, 0.3) is 5.56 Å². The monoisotopic (exact) mass is 471 g/mol. The van der Waals surface area contributed by atoms with Crippen LogP contribution < -0.4 is 25.7 Å². The molecule has 1 amide bonds. The van der Waals surface area contributed by atoms with E-state index in [-0.39, 0.29) is 18.0 Å². The maximum Gasteiger partial charge on any atom is 0.256 e. The fourth-order valence-electron chi connectivity index (χ4n) is 3.90. The maximum atomic E-state index is 13.5. The molecule has 0 aliphatic heterocycles. The van der Waals surface area contributed by atoms with E-state index in [1.165, 1.54) is 10.1 Å². The molecule has 0 radical (unpaired) electrons. The molecule has 7 heteroatoms. The number of amides is 1. The van der Waals surface area contributed by atoms with Gasteiger partial charge in [-0.15, -0.1) is 0 Å². The van der Waals surface area contributed by atoms with E-state index in [9.17, 15) is 9.59 Å². The number of anilines is 2. The topological polar surface area (TPSA) is 81.6 Å². The van der Waals surface area contributed by atoms with Crippen molar-refractivity contribution >= 4 is 28.2 Å². The zero-order valence-electron chi connectivity index (χ0n) is 20.1. The van der Waals surface area contributed by atoms with Crippen LogP contribution in [0.1, 0.15) is 18.1 Å². The number of carbonyl (C=O) groups is 1. The summed E-state index contributed by atoms with van der Waals surface area (Å²) in [6.45, 7) is 2.32. The first kappa shape index (κ1) is 23.9. The minimum atomic E-state index is -0.304. The fourth-order valence-corrected chi connectivity index (χ4v) is 3.90. The molecule has 0 aliphatic rings. The molecule has 0 aliphatic carbocycles. The molecule has 4 rings (SSSR count). The second-order valence-corrected chi connectivity index (χ2v) is 8.17. The molecule has 0 bridgehead atoms. The Balaban J connectivity index is 1.62. The highest BCUT2D eigenvalue weighted by atomic mass is 16.5. The fraction of sp³-hybridized carbons (Fsp3) is 0.214. The van der Waals surface area contributed by atoms with Gasteiger partial charge < -0.3 is 20.1 Å². The molecule has 1 heterocycles. The third kappa shape index (κ3) is 5.63. The second kappa shape index (κ2) is 10.8. The smallest absolute Gasteiger partial charge is 0.256 e. The summed E-state index contributed by atoms with van der Waals surface area (Å²) < 4.78 is 12.0. The van der Waals surface area contributed by atoms with Crippen molar-refractivity contribution in [1.29, 1.82) is 0 Å². The number of fused-ring (bicyclic) bond motifs is 1. The van der Waals surface area contributed by atoms with E-state index in [0.29, 0.717) is 34.8 Å². The van der Waals surface area contributed by atoms with Crippen molar-refractivity contribution in [3.05, 3.63) is 94.3 Å². The van der Waals surface area contributed by atoms with E-state index in [1.807, 2.05) is 30.3 Å². The molecule has 0 fully saturated rings. The molecule has 35 heavy (non-hydrogen) atoms. The Morgan fingerprint density at radius 2 is 1.51 bits per heavy atom. The third-order valence-electron chi connectivity index (χ3n) is 5.90. The molecule has 0 saturated heterocycles. The quantitative estimate of drug-likeness (QED) is 0.365. The summed E-state index contributed by atoms with van der Waals surface area (Å²) in [6, 6.07) is 22.6. The lowest BCUT2D eigenvalue weighted by atomic mass is 10.1. The molecule has 4 aromatic rings. The van der Waals surface area contributed by atoms with E-state index in [0.717, 1.165) is 17.5 Å². The van der Waals surface area contributed by atoms with Gasteiger partial charge in [-0.25, -0.2) is 0 Å². The highest BCUT2D eigenvalue weighted by Crippen LogP contribution is 2.22. The molecular formula is C28H29N3O4. The number of aromatic nitrogens is 1. The number of hydrogen-bond donors (Lipinski definition) is 2. The van der Waals surface area contributed by atoms with Gasteiger partial charge in [0.2, 0.25) is 5.91 Å². The number of aryl methyl sites for hydroxylation is 1. The van der Waals surface area contributed by atoms with Crippen LogP contribution >= 0.6 is 0 Å². The number of nitrogens with zero attached hydrogens (tertiary/aromatic N) is 1. The summed E-state index contributed by atoms with van der Waals surface area (Å²) in [7, 11) is 3.16. The largest absolute Gasteiger partial charge is 0.497 e. The lowest BCUT2D eigenvalue weighted by Gasteiger charge is -2.15. The zero-order valence-corrected chi connectivity index (χ0v) is 20.1. The maximum absolute atomic E-state index is 13.5. The van der Waals surface area contributed by atoms with Crippen LogP contribution in [0.3, 0.4) is 0 Å². The van der Waals surface area contributed by atoms with Crippen molar-refractivity contribution < 1.29 is 14.3 Å². The number of hydrogen-bond acceptors (Lipinski definition) is 5. The van der Waals surface area contributed by atoms with Crippen molar-refractivity contribution in [2.75, 3.05) is 24.9 Å². The van der Waals surface area contributed by atoms with Gasteiger partial charge in [0.1, 0.15) is 18.0 Å². The summed E-state index contributed by atoms with van der Waals surface area (Å²) in [5.74, 6) is 1.01. The lowest BCUT2D eigenvalue weighted by Crippen LogP contribution is -2.30. The van der Waals surface area contributed by atoms with Crippen LogP contribution in [0.2, 0.25) is 0 Å². The van der Waals surface area contributed by atoms with Gasteiger partial charge in [-0.3, -0.25) is 14.2 Å². The Kier molecular flexibility index (Phi) is 7.35. The average molecular weight is 472 g/mol. The summed E-state index contributed by atoms with van der Waals surface area (Å²) in [5, 5.41) is 7.02. The van der Waals surface area contributed by atoms with Crippen molar-refractivity contribution in [2.24, 2.45) is 0 Å². The number of methoxy groups -OCH3 is 2. The number of carbonyl (C=O) groups excluding carboxylic acids is 1. The summed E-state index contributed by atoms with van der Waals surface area (Å²) >= 11 is 0. The molecule has 0 atom stereocenters. The van der Waals surface area contributed by atoms with Gasteiger partial charge in [-0.05, 0) is 72.0 Å². The number of rotatable bonds is 9. The molecule has 2 N–H and O–H groups in total. The molecule has 0 unspecified atom stereocenters. The van der Waals surface area contributed by atoms with Crippen LogP contribution in [0.5, 0.6) is 11.5 Å². The van der Waals surface area contributed by atoms with E-state index in [4.69, 9.17) is 9.47 Å². The summed E-state index contributed by atoms with van der Waals surface area (Å²) in [4.78, 5) is 26.4. The van der Waals surface area contributed by atoms with Gasteiger partial charge in [-0.1, -0.05) is 19.1 Å². The van der Waals surface area contributed by atoms with Gasteiger partial charge in [0.15, 0.2) is 0 Å². The lowest BCUT2D eigenvalue weighted by molar-refractivity contribution is -0.116. The first-order valence-electron chi connectivity index (χ1n) is 11.5. The van der Waals surface area contributed by atoms with Crippen LogP contribution in [0.4, 0.5) is 11.4 Å². The molecule has 1 aromatic heterocycles. The van der Waals surface area contributed by atoms with Gasteiger partial charge >= 0.3 is 0 Å². The second-order valence-electron chi connectivity index (χ2n) is 8.17. The first-order chi connectivity index (χ1) is 17.0. The van der Waals surface area contributed by atoms with Crippen LogP contribution in [0.25, 0.3) is 10.9 Å². The summed E-state index contributed by atoms with van der Waals surface area (Å²) in [6.07, 6.45) is 0.970. The zero-order chi connectivity index (χ0) is 24.8. The molecule has 3 aromatic carbocycles. The third-order valence-corrected chi connectivity index (χ3v) is 5.90. The van der Waals surface area contributed by atoms with Gasteiger partial charge in [0.05, 0.1) is 19.7 Å². The van der Waals surface area contributed by atoms with E-state index in [1.54, 1.807) is 44.6 Å². The van der Waals surface area contributed by atoms with E-state index >= 15 is 0 Å². The van der Waals surface area contributed by atoms with Crippen molar-refractivity contribution in [3.63, 3.8) is 0 Å². The minimum Gasteiger partial charge on any atom is -0.497 e. The van der Waals surface area contributed by atoms with E-state index < -0.39 is 0 Å². The SMILES string of the molecule is CCc1ccc(NCc2cc3ccc(OC)cc3n(CC(=O)Nc3ccc(OC)cc3)c2=O)cc1. The Bertz CT molecular complexity index is 1380. The molecule has 0 saturated carbocycles. The predicted molar refractivity (Wildman–Crippen MR) is 140 cm³/mol. The minimum absolute atomic E-state index is 0.131. The first-order valence-corrected chi connectivity index (χ1v) is 11.5. The number of nitrogens with one attached hydrogen (secondary N) is 2. The van der Waals surface area contributed by atoms with Gasteiger partial charge in [0, 0.05) is 29.5 Å². The number of pyridine rings is 1. The van der Waals surface area contributed by atoms with Crippen molar-refractivity contribution in [1.82, 2.24) is 4.57 Å². The summed E-state index contributed by atoms with van der Waals surface area (Å²) in [5.41, 5.74) is 3.78. The highest BCUT2D eigenvalue weighted by molar-refractivity contribution is 5.92. The number of ether oxygens (including phenoxy) is 2. The predicted octanol–water partition coefficient (Wildman–Crippen LogP) is 4.83. The molecule has 180 valence electrons. The van der Waals surface area contributed by atoms with Crippen molar-refractivity contribution in [3.8, 4) is 11.5 Å². The van der Waals surface area contributed by atoms with Crippen LogP contribution in [-0.2, 0) is 24.3 Å². The number of benzene rings is 3. The normalized spacial score (nSPS) is 10.7. The molecule has 0 spiro atoms. The van der Waals surface area contributed by atoms with Crippen LogP contribution in [0, 0.1) is 0 Å².